The minimum absolute atomic E-state index is 0.0874. The number of ether oxygens (including phenoxy) is 1. The van der Waals surface area contributed by atoms with Gasteiger partial charge >= 0.3 is 5.97 Å². The van der Waals surface area contributed by atoms with Crippen molar-refractivity contribution in [3.05, 3.63) is 33.7 Å². The summed E-state index contributed by atoms with van der Waals surface area (Å²) < 4.78 is 4.70. The number of hydrogen-bond donors (Lipinski definition) is 1. The molecule has 0 aromatic carbocycles. The largest absolute Gasteiger partial charge is 0.466 e. The first-order chi connectivity index (χ1) is 8.04. The molecule has 0 aromatic rings. The Morgan fingerprint density at radius 2 is 2.24 bits per heavy atom. The Bertz CT molecular complexity index is 471. The number of benzene rings is 1. The molecule has 2 N–H and O–H groups in total. The van der Waals surface area contributed by atoms with Gasteiger partial charge in [-0.1, -0.05) is 23.7 Å². The zero-order chi connectivity index (χ0) is 12.8. The second-order valence-corrected chi connectivity index (χ2v) is 4.42. The molecule has 2 rings (SSSR count). The molecule has 17 heavy (non-hydrogen) atoms. The van der Waals surface area contributed by atoms with Gasteiger partial charge in [0.2, 0.25) is 0 Å². The van der Waals surface area contributed by atoms with Crippen molar-refractivity contribution in [2.45, 2.75) is 32.7 Å². The fraction of sp³-hybridized carbons (Fsp3) is 0.462. The lowest BCUT2D eigenvalue weighted by Crippen LogP contribution is -2.17. The van der Waals surface area contributed by atoms with Crippen LogP contribution in [0, 0.1) is 10.4 Å². The second kappa shape index (κ2) is 6.62. The quantitative estimate of drug-likeness (QED) is 0.855. The molecule has 2 aliphatic rings. The van der Waals surface area contributed by atoms with E-state index in [4.69, 9.17) is 22.1 Å². The molecule has 0 aliphatic heterocycles. The monoisotopic (exact) mass is 255 g/mol. The van der Waals surface area contributed by atoms with Crippen LogP contribution in [0.3, 0.4) is 0 Å². The molecule has 1 atom stereocenters. The average molecular weight is 256 g/mol. The fourth-order valence-corrected chi connectivity index (χ4v) is 1.61. The maximum atomic E-state index is 10.7. The van der Waals surface area contributed by atoms with Gasteiger partial charge in [-0.2, -0.15) is 0 Å². The van der Waals surface area contributed by atoms with Crippen molar-refractivity contribution in [2.24, 2.45) is 5.73 Å². The van der Waals surface area contributed by atoms with Crippen molar-refractivity contribution in [3.8, 4) is 0 Å². The third-order valence-electron chi connectivity index (χ3n) is 2.39. The van der Waals surface area contributed by atoms with Gasteiger partial charge in [0.15, 0.2) is 0 Å². The van der Waals surface area contributed by atoms with Crippen LogP contribution in [0.5, 0.6) is 0 Å². The van der Waals surface area contributed by atoms with Crippen molar-refractivity contribution >= 4 is 17.6 Å². The molecule has 0 bridgehead atoms. The summed E-state index contributed by atoms with van der Waals surface area (Å²) in [6.45, 7) is 4.13. The Hall–Kier alpha value is -1.06. The summed E-state index contributed by atoms with van der Waals surface area (Å²) in [4.78, 5) is 10.7. The molecule has 4 heteroatoms. The second-order valence-electron chi connectivity index (χ2n) is 4.02. The van der Waals surface area contributed by atoms with E-state index in [1.807, 2.05) is 19.1 Å². The third-order valence-corrected chi connectivity index (χ3v) is 2.70. The summed E-state index contributed by atoms with van der Waals surface area (Å²) in [6, 6.07) is 6.14. The van der Waals surface area contributed by atoms with E-state index >= 15 is 0 Å². The van der Waals surface area contributed by atoms with Crippen LogP contribution in [0.4, 0.5) is 0 Å². The smallest absolute Gasteiger partial charge is 0.305 e. The number of hydrogen-bond acceptors (Lipinski definition) is 3. The Morgan fingerprint density at radius 3 is 2.47 bits per heavy atom. The predicted molar refractivity (Wildman–Crippen MR) is 68.6 cm³/mol. The highest BCUT2D eigenvalue weighted by Crippen LogP contribution is 2.20. The zero-order valence-corrected chi connectivity index (χ0v) is 11.0. The van der Waals surface area contributed by atoms with Gasteiger partial charge in [0, 0.05) is 22.7 Å². The maximum absolute atomic E-state index is 10.7. The van der Waals surface area contributed by atoms with E-state index < -0.39 is 0 Å². The zero-order valence-electron chi connectivity index (χ0n) is 10.2. The van der Waals surface area contributed by atoms with Crippen LogP contribution in [-0.4, -0.2) is 18.6 Å². The minimum atomic E-state index is -0.153. The average Bonchev–Trinajstić information content (AvgIpc) is 2.24. The first-order valence-corrected chi connectivity index (χ1v) is 6.13. The van der Waals surface area contributed by atoms with Gasteiger partial charge in [0.1, 0.15) is 0 Å². The summed E-state index contributed by atoms with van der Waals surface area (Å²) in [5.41, 5.74) is 5.43. The summed E-state index contributed by atoms with van der Waals surface area (Å²) in [5.74, 6) is -0.153. The molecule has 3 nitrogen and oxygen atoms in total. The van der Waals surface area contributed by atoms with Gasteiger partial charge in [-0.25, -0.2) is 0 Å². The third kappa shape index (κ3) is 4.36. The number of esters is 1. The molecule has 0 amide bonds. The van der Waals surface area contributed by atoms with E-state index in [2.05, 4.69) is 6.07 Å². The molecule has 0 spiro atoms. The van der Waals surface area contributed by atoms with E-state index in [9.17, 15) is 4.79 Å². The van der Waals surface area contributed by atoms with Gasteiger partial charge in [-0.15, -0.1) is 0 Å². The predicted octanol–water partition coefficient (Wildman–Crippen LogP) is 2.62. The summed E-state index contributed by atoms with van der Waals surface area (Å²) in [5, 5.41) is 3.46. The van der Waals surface area contributed by atoms with Crippen LogP contribution in [-0.2, 0) is 9.53 Å². The van der Waals surface area contributed by atoms with Crippen molar-refractivity contribution < 1.29 is 9.53 Å². The highest BCUT2D eigenvalue weighted by Gasteiger charge is 2.02. The molecule has 0 heterocycles. The Balaban J connectivity index is 0.000000177. The molecule has 0 radical (unpaired) electrons. The minimum Gasteiger partial charge on any atom is -0.466 e. The van der Waals surface area contributed by atoms with Crippen LogP contribution in [0.25, 0.3) is 0 Å². The van der Waals surface area contributed by atoms with Gasteiger partial charge < -0.3 is 10.5 Å². The van der Waals surface area contributed by atoms with Crippen molar-refractivity contribution in [2.75, 3.05) is 6.61 Å². The molecule has 0 fully saturated rings. The first-order valence-electron chi connectivity index (χ1n) is 5.75. The lowest BCUT2D eigenvalue weighted by Gasteiger charge is -2.03. The van der Waals surface area contributed by atoms with Crippen LogP contribution in [0.2, 0.25) is 5.02 Å². The van der Waals surface area contributed by atoms with Crippen LogP contribution >= 0.6 is 11.6 Å². The molecule has 0 saturated heterocycles. The van der Waals surface area contributed by atoms with E-state index in [0.29, 0.717) is 19.4 Å². The molecule has 0 saturated carbocycles. The molecular formula is C13H18ClNO2. The number of halogens is 1. The number of nitrogens with two attached hydrogens (primary N) is 1. The molecular weight excluding hydrogens is 238 g/mol. The first kappa shape index (κ1) is 14.0. The Kier molecular flexibility index (Phi) is 5.45. The number of rotatable bonds is 4. The SMILES string of the molecule is CCOC(=O)CCC(C)N.Clc1cc2ccc1=2. The van der Waals surface area contributed by atoms with Crippen molar-refractivity contribution in [1.29, 1.82) is 0 Å². The Morgan fingerprint density at radius 1 is 1.53 bits per heavy atom. The van der Waals surface area contributed by atoms with Gasteiger partial charge in [-0.3, -0.25) is 4.79 Å². The van der Waals surface area contributed by atoms with E-state index in [-0.39, 0.29) is 12.0 Å². The molecule has 0 aromatic heterocycles. The normalized spacial score (nSPS) is 12.2. The lowest BCUT2D eigenvalue weighted by molar-refractivity contribution is -0.143. The van der Waals surface area contributed by atoms with Gasteiger partial charge in [0.05, 0.1) is 6.61 Å². The number of carbonyl (C=O) groups is 1. The lowest BCUT2D eigenvalue weighted by atomic mass is 10.1. The Labute approximate surface area is 106 Å². The van der Waals surface area contributed by atoms with E-state index in [1.165, 1.54) is 10.4 Å². The van der Waals surface area contributed by atoms with Crippen molar-refractivity contribution in [3.63, 3.8) is 0 Å². The van der Waals surface area contributed by atoms with E-state index in [1.54, 1.807) is 6.92 Å². The summed E-state index contributed by atoms with van der Waals surface area (Å²) >= 11 is 5.60. The molecule has 2 aliphatic carbocycles. The standard InChI is InChI=1S/C7H15NO2.C6H3Cl/c1-3-10-7(9)5-4-6(2)8;7-6-3-4-1-2-5(4)6/h6H,3-5,8H2,1-2H3;1-3H. The number of carbonyl (C=O) groups excluding carboxylic acids is 1. The highest BCUT2D eigenvalue weighted by atomic mass is 35.5. The van der Waals surface area contributed by atoms with E-state index in [0.717, 1.165) is 5.02 Å². The van der Waals surface area contributed by atoms with Crippen LogP contribution in [0.1, 0.15) is 26.7 Å². The summed E-state index contributed by atoms with van der Waals surface area (Å²) in [6.07, 6.45) is 1.14. The van der Waals surface area contributed by atoms with Crippen LogP contribution < -0.4 is 5.73 Å². The topological polar surface area (TPSA) is 52.3 Å². The highest BCUT2D eigenvalue weighted by molar-refractivity contribution is 6.31. The maximum Gasteiger partial charge on any atom is 0.305 e. The van der Waals surface area contributed by atoms with Crippen molar-refractivity contribution in [1.82, 2.24) is 0 Å². The summed E-state index contributed by atoms with van der Waals surface area (Å²) in [7, 11) is 0. The molecule has 94 valence electrons. The van der Waals surface area contributed by atoms with Crippen LogP contribution in [0.15, 0.2) is 18.2 Å². The van der Waals surface area contributed by atoms with Gasteiger partial charge in [-0.05, 0) is 31.6 Å². The fourth-order valence-electron chi connectivity index (χ4n) is 1.32. The van der Waals surface area contributed by atoms with Gasteiger partial charge in [0.25, 0.3) is 0 Å². The molecule has 1 unspecified atom stereocenters.